The highest BCUT2D eigenvalue weighted by molar-refractivity contribution is 5.87. The van der Waals surface area contributed by atoms with Crippen LogP contribution in [-0.2, 0) is 6.54 Å². The Morgan fingerprint density at radius 1 is 1.38 bits per heavy atom. The van der Waals surface area contributed by atoms with Crippen LogP contribution in [0.5, 0.6) is 0 Å². The van der Waals surface area contributed by atoms with Crippen molar-refractivity contribution in [3.63, 3.8) is 0 Å². The summed E-state index contributed by atoms with van der Waals surface area (Å²) < 4.78 is 15.6. The Hall–Kier alpha value is -1.84. The molecule has 0 spiro atoms. The van der Waals surface area contributed by atoms with Crippen LogP contribution in [0.15, 0.2) is 35.5 Å². The molecule has 1 aliphatic heterocycles. The number of hydrogen-bond donors (Lipinski definition) is 1. The van der Waals surface area contributed by atoms with Crippen molar-refractivity contribution in [2.75, 3.05) is 13.1 Å². The number of benzene rings is 1. The molecule has 1 N–H and O–H groups in total. The maximum Gasteiger partial charge on any atom is 0.147 e. The molecule has 0 bridgehead atoms. The molecule has 0 unspecified atom stereocenters. The van der Waals surface area contributed by atoms with Gasteiger partial charge in [0.2, 0.25) is 0 Å². The van der Waals surface area contributed by atoms with Gasteiger partial charge in [-0.05, 0) is 12.1 Å². The Bertz CT molecular complexity index is 556. The van der Waals surface area contributed by atoms with Crippen molar-refractivity contribution in [3.05, 3.63) is 36.3 Å². The summed E-state index contributed by atoms with van der Waals surface area (Å²) in [5, 5.41) is 4.12. The Balaban J connectivity index is 2.03. The van der Waals surface area contributed by atoms with Crippen LogP contribution in [0.1, 0.15) is 0 Å². The highest BCUT2D eigenvalue weighted by Gasteiger charge is 2.10. The second kappa shape index (κ2) is 3.63. The number of rotatable bonds is 2. The van der Waals surface area contributed by atoms with Crippen molar-refractivity contribution < 1.29 is 4.39 Å². The van der Waals surface area contributed by atoms with Crippen molar-refractivity contribution in [2.24, 2.45) is 4.99 Å². The second-order valence-corrected chi connectivity index (χ2v) is 3.88. The standard InChI is InChI=1S/C12H12FN3/c13-10-3-1-2-9-4-7-16(12(9)10)8-11-14-5-6-15-11/h1-4,7H,5-6,8H2,(H,14,15). The Labute approximate surface area is 92.6 Å². The maximum absolute atomic E-state index is 13.7. The van der Waals surface area contributed by atoms with Crippen LogP contribution in [-0.4, -0.2) is 23.5 Å². The van der Waals surface area contributed by atoms with Crippen LogP contribution < -0.4 is 5.32 Å². The summed E-state index contributed by atoms with van der Waals surface area (Å²) in [4.78, 5) is 4.31. The fourth-order valence-corrected chi connectivity index (χ4v) is 2.06. The lowest BCUT2D eigenvalue weighted by molar-refractivity contribution is 0.630. The lowest BCUT2D eigenvalue weighted by Gasteiger charge is -2.06. The van der Waals surface area contributed by atoms with Crippen molar-refractivity contribution >= 4 is 16.7 Å². The van der Waals surface area contributed by atoms with E-state index in [1.54, 1.807) is 6.07 Å². The predicted molar refractivity (Wildman–Crippen MR) is 62.2 cm³/mol. The molecule has 4 heteroatoms. The fraction of sp³-hybridized carbons (Fsp3) is 0.250. The molecule has 82 valence electrons. The fourth-order valence-electron chi connectivity index (χ4n) is 2.06. The number of fused-ring (bicyclic) bond motifs is 1. The van der Waals surface area contributed by atoms with Gasteiger partial charge >= 0.3 is 0 Å². The lowest BCUT2D eigenvalue weighted by atomic mass is 10.2. The summed E-state index contributed by atoms with van der Waals surface area (Å²) in [6, 6.07) is 7.06. The van der Waals surface area contributed by atoms with Gasteiger partial charge in [0.05, 0.1) is 18.6 Å². The Kier molecular flexibility index (Phi) is 2.13. The summed E-state index contributed by atoms with van der Waals surface area (Å²) in [5.41, 5.74) is 0.652. The van der Waals surface area contributed by atoms with E-state index >= 15 is 0 Å². The number of nitrogens with zero attached hydrogens (tertiary/aromatic N) is 2. The molecule has 3 rings (SSSR count). The van der Waals surface area contributed by atoms with E-state index in [2.05, 4.69) is 10.3 Å². The average Bonchev–Trinajstić information content (AvgIpc) is 2.90. The van der Waals surface area contributed by atoms with E-state index in [0.717, 1.165) is 24.3 Å². The minimum atomic E-state index is -0.180. The zero-order valence-corrected chi connectivity index (χ0v) is 8.78. The van der Waals surface area contributed by atoms with Crippen LogP contribution >= 0.6 is 0 Å². The molecule has 1 aromatic carbocycles. The zero-order valence-electron chi connectivity index (χ0n) is 8.78. The largest absolute Gasteiger partial charge is 0.370 e. The maximum atomic E-state index is 13.7. The minimum Gasteiger partial charge on any atom is -0.370 e. The molecule has 0 atom stereocenters. The molecule has 1 aromatic heterocycles. The summed E-state index contributed by atoms with van der Waals surface area (Å²) in [6.07, 6.45) is 1.90. The number of para-hydroxylation sites is 1. The van der Waals surface area contributed by atoms with Gasteiger partial charge in [0, 0.05) is 18.1 Å². The van der Waals surface area contributed by atoms with Gasteiger partial charge in [-0.15, -0.1) is 0 Å². The first-order valence-electron chi connectivity index (χ1n) is 5.35. The van der Waals surface area contributed by atoms with E-state index in [0.29, 0.717) is 12.1 Å². The quantitative estimate of drug-likeness (QED) is 0.816. The van der Waals surface area contributed by atoms with E-state index in [-0.39, 0.29) is 5.82 Å². The molecule has 0 saturated carbocycles. The summed E-state index contributed by atoms with van der Waals surface area (Å²) in [5.74, 6) is 0.752. The minimum absolute atomic E-state index is 0.180. The number of hydrogen-bond acceptors (Lipinski definition) is 2. The first-order chi connectivity index (χ1) is 7.84. The van der Waals surface area contributed by atoms with Gasteiger partial charge in [-0.2, -0.15) is 0 Å². The number of nitrogens with one attached hydrogen (secondary N) is 1. The third-order valence-corrected chi connectivity index (χ3v) is 2.80. The van der Waals surface area contributed by atoms with E-state index in [1.165, 1.54) is 6.07 Å². The number of halogens is 1. The van der Waals surface area contributed by atoms with E-state index in [4.69, 9.17) is 0 Å². The first kappa shape index (κ1) is 9.39. The van der Waals surface area contributed by atoms with E-state index in [9.17, 15) is 4.39 Å². The molecule has 0 saturated heterocycles. The molecular formula is C12H12FN3. The van der Waals surface area contributed by atoms with Crippen molar-refractivity contribution in [2.45, 2.75) is 6.54 Å². The summed E-state index contributed by atoms with van der Waals surface area (Å²) >= 11 is 0. The molecule has 1 aliphatic rings. The second-order valence-electron chi connectivity index (χ2n) is 3.88. The number of aliphatic imine (C=N–C) groups is 1. The molecule has 0 aliphatic carbocycles. The molecular weight excluding hydrogens is 205 g/mol. The average molecular weight is 217 g/mol. The lowest BCUT2D eigenvalue weighted by Crippen LogP contribution is -2.23. The van der Waals surface area contributed by atoms with Gasteiger partial charge in [-0.1, -0.05) is 12.1 Å². The van der Waals surface area contributed by atoms with E-state index < -0.39 is 0 Å². The predicted octanol–water partition coefficient (Wildman–Crippen LogP) is 1.78. The SMILES string of the molecule is Fc1cccc2ccn(CC3=NCCN3)c12. The normalized spacial score (nSPS) is 15.2. The molecule has 2 aromatic rings. The molecule has 16 heavy (non-hydrogen) atoms. The van der Waals surface area contributed by atoms with Crippen LogP contribution in [0, 0.1) is 5.82 Å². The van der Waals surface area contributed by atoms with Crippen molar-refractivity contribution in [1.29, 1.82) is 0 Å². The molecule has 3 nitrogen and oxygen atoms in total. The van der Waals surface area contributed by atoms with Gasteiger partial charge in [-0.3, -0.25) is 4.99 Å². The van der Waals surface area contributed by atoms with Crippen LogP contribution in [0.25, 0.3) is 10.9 Å². The van der Waals surface area contributed by atoms with Gasteiger partial charge in [0.1, 0.15) is 11.7 Å². The third kappa shape index (κ3) is 1.46. The first-order valence-corrected chi connectivity index (χ1v) is 5.35. The van der Waals surface area contributed by atoms with Crippen molar-refractivity contribution in [3.8, 4) is 0 Å². The van der Waals surface area contributed by atoms with Gasteiger partial charge in [0.25, 0.3) is 0 Å². The summed E-state index contributed by atoms with van der Waals surface area (Å²) in [6.45, 7) is 2.32. The van der Waals surface area contributed by atoms with Crippen LogP contribution in [0.4, 0.5) is 4.39 Å². The topological polar surface area (TPSA) is 29.3 Å². The zero-order chi connectivity index (χ0) is 11.0. The summed E-state index contributed by atoms with van der Waals surface area (Å²) in [7, 11) is 0. The Morgan fingerprint density at radius 2 is 2.31 bits per heavy atom. The third-order valence-electron chi connectivity index (χ3n) is 2.80. The Morgan fingerprint density at radius 3 is 3.12 bits per heavy atom. The number of aromatic nitrogens is 1. The molecule has 0 radical (unpaired) electrons. The smallest absolute Gasteiger partial charge is 0.147 e. The van der Waals surface area contributed by atoms with Crippen LogP contribution in [0.2, 0.25) is 0 Å². The van der Waals surface area contributed by atoms with Gasteiger partial charge in [-0.25, -0.2) is 4.39 Å². The monoisotopic (exact) mass is 217 g/mol. The van der Waals surface area contributed by atoms with Crippen LogP contribution in [0.3, 0.4) is 0 Å². The number of amidine groups is 1. The van der Waals surface area contributed by atoms with Crippen molar-refractivity contribution in [1.82, 2.24) is 9.88 Å². The van der Waals surface area contributed by atoms with E-state index in [1.807, 2.05) is 22.9 Å². The molecule has 0 fully saturated rings. The highest BCUT2D eigenvalue weighted by Crippen LogP contribution is 2.19. The molecule has 0 amide bonds. The highest BCUT2D eigenvalue weighted by atomic mass is 19.1. The van der Waals surface area contributed by atoms with Gasteiger partial charge in [0.15, 0.2) is 0 Å². The molecule has 2 heterocycles. The van der Waals surface area contributed by atoms with Gasteiger partial charge < -0.3 is 9.88 Å².